The van der Waals surface area contributed by atoms with Crippen LogP contribution in [0.25, 0.3) is 0 Å². The van der Waals surface area contributed by atoms with Crippen LogP contribution in [0.2, 0.25) is 0 Å². The number of hydrogen-bond acceptors (Lipinski definition) is 3. The second-order valence-electron chi connectivity index (χ2n) is 4.89. The molecule has 1 fully saturated rings. The first-order valence-corrected chi connectivity index (χ1v) is 6.60. The predicted molar refractivity (Wildman–Crippen MR) is 73.4 cm³/mol. The molecule has 1 unspecified atom stereocenters. The summed E-state index contributed by atoms with van der Waals surface area (Å²) in [5.41, 5.74) is 1.71. The fourth-order valence-corrected chi connectivity index (χ4v) is 2.39. The summed E-state index contributed by atoms with van der Waals surface area (Å²) in [6.07, 6.45) is -0.930. The highest BCUT2D eigenvalue weighted by Gasteiger charge is 2.31. The summed E-state index contributed by atoms with van der Waals surface area (Å²) in [5.74, 6) is -0.271. The molecule has 1 heterocycles. The van der Waals surface area contributed by atoms with Gasteiger partial charge in [-0.1, -0.05) is 42.5 Å². The van der Waals surface area contributed by atoms with E-state index in [0.29, 0.717) is 6.61 Å². The van der Waals surface area contributed by atoms with E-state index in [9.17, 15) is 9.50 Å². The molecule has 0 aliphatic carbocycles. The van der Waals surface area contributed by atoms with Crippen molar-refractivity contribution in [3.8, 4) is 0 Å². The fourth-order valence-electron chi connectivity index (χ4n) is 2.39. The predicted octanol–water partition coefficient (Wildman–Crippen LogP) is 2.55. The number of aliphatic hydroxyl groups is 1. The number of aliphatic hydroxyl groups excluding tert-OH is 1. The Morgan fingerprint density at radius 2 is 1.80 bits per heavy atom. The molecule has 4 heteroatoms. The molecule has 0 amide bonds. The minimum atomic E-state index is -0.623. The van der Waals surface area contributed by atoms with Crippen LogP contribution in [0.15, 0.2) is 54.6 Å². The van der Waals surface area contributed by atoms with Crippen molar-refractivity contribution in [3.63, 3.8) is 0 Å². The monoisotopic (exact) mass is 273 g/mol. The lowest BCUT2D eigenvalue weighted by molar-refractivity contribution is 0.0921. The molecule has 2 aromatic carbocycles. The van der Waals surface area contributed by atoms with Crippen molar-refractivity contribution < 1.29 is 14.2 Å². The summed E-state index contributed by atoms with van der Waals surface area (Å²) >= 11 is 0. The lowest BCUT2D eigenvalue weighted by Crippen LogP contribution is -2.32. The van der Waals surface area contributed by atoms with Gasteiger partial charge in [-0.05, 0) is 23.3 Å². The molecular formula is C16H16FNO2. The normalized spacial score (nSPS) is 23.7. The molecular weight excluding hydrogens is 257 g/mol. The Morgan fingerprint density at radius 3 is 2.50 bits per heavy atom. The van der Waals surface area contributed by atoms with Gasteiger partial charge in [0.2, 0.25) is 0 Å². The third-order valence-corrected chi connectivity index (χ3v) is 3.50. The summed E-state index contributed by atoms with van der Waals surface area (Å²) in [6, 6.07) is 15.5. The van der Waals surface area contributed by atoms with Gasteiger partial charge in [-0.15, -0.1) is 0 Å². The molecule has 0 radical (unpaired) electrons. The van der Waals surface area contributed by atoms with Crippen LogP contribution in [0.4, 0.5) is 4.39 Å². The second kappa shape index (κ2) is 5.71. The van der Waals surface area contributed by atoms with Crippen LogP contribution in [0, 0.1) is 5.82 Å². The number of ether oxygens (including phenoxy) is 1. The van der Waals surface area contributed by atoms with Crippen molar-refractivity contribution in [1.82, 2.24) is 5.32 Å². The lowest BCUT2D eigenvalue weighted by Gasteiger charge is -2.18. The van der Waals surface area contributed by atoms with Crippen molar-refractivity contribution in [2.75, 3.05) is 6.61 Å². The first-order valence-electron chi connectivity index (χ1n) is 6.60. The Kier molecular flexibility index (Phi) is 3.78. The number of halogens is 1. The molecule has 0 bridgehead atoms. The van der Waals surface area contributed by atoms with E-state index >= 15 is 0 Å². The SMILES string of the molecule is OC(c1ccccc1)[C@@H]1CO[C@H](c2ccc(F)cc2)N1. The highest BCUT2D eigenvalue weighted by Crippen LogP contribution is 2.27. The third kappa shape index (κ3) is 2.72. The zero-order valence-electron chi connectivity index (χ0n) is 10.9. The maximum absolute atomic E-state index is 12.9. The van der Waals surface area contributed by atoms with Crippen molar-refractivity contribution in [2.24, 2.45) is 0 Å². The molecule has 1 aliphatic heterocycles. The Bertz CT molecular complexity index is 558. The minimum Gasteiger partial charge on any atom is -0.387 e. The first-order chi connectivity index (χ1) is 9.74. The molecule has 0 aromatic heterocycles. The van der Waals surface area contributed by atoms with Gasteiger partial charge in [-0.25, -0.2) is 4.39 Å². The van der Waals surface area contributed by atoms with Gasteiger partial charge in [0.05, 0.1) is 18.8 Å². The van der Waals surface area contributed by atoms with Gasteiger partial charge in [-0.3, -0.25) is 5.32 Å². The van der Waals surface area contributed by atoms with Crippen LogP contribution in [0.5, 0.6) is 0 Å². The van der Waals surface area contributed by atoms with Crippen LogP contribution < -0.4 is 5.32 Å². The largest absolute Gasteiger partial charge is 0.387 e. The van der Waals surface area contributed by atoms with Crippen molar-refractivity contribution in [3.05, 3.63) is 71.5 Å². The van der Waals surface area contributed by atoms with Gasteiger partial charge in [0.1, 0.15) is 12.0 Å². The summed E-state index contributed by atoms with van der Waals surface area (Å²) in [4.78, 5) is 0. The number of nitrogens with one attached hydrogen (secondary N) is 1. The van der Waals surface area contributed by atoms with E-state index in [1.54, 1.807) is 12.1 Å². The fraction of sp³-hybridized carbons (Fsp3) is 0.250. The molecule has 3 rings (SSSR count). The summed E-state index contributed by atoms with van der Waals surface area (Å²) in [6.45, 7) is 0.415. The van der Waals surface area contributed by atoms with Gasteiger partial charge in [0.25, 0.3) is 0 Å². The van der Waals surface area contributed by atoms with Crippen LogP contribution >= 0.6 is 0 Å². The van der Waals surface area contributed by atoms with Crippen LogP contribution in [-0.2, 0) is 4.74 Å². The highest BCUT2D eigenvalue weighted by atomic mass is 19.1. The van der Waals surface area contributed by atoms with Gasteiger partial charge in [0.15, 0.2) is 0 Å². The summed E-state index contributed by atoms with van der Waals surface area (Å²) in [7, 11) is 0. The zero-order chi connectivity index (χ0) is 13.9. The van der Waals surface area contributed by atoms with Crippen molar-refractivity contribution >= 4 is 0 Å². The number of hydrogen-bond donors (Lipinski definition) is 2. The average molecular weight is 273 g/mol. The number of rotatable bonds is 3. The Hall–Kier alpha value is -1.75. The smallest absolute Gasteiger partial charge is 0.134 e. The maximum Gasteiger partial charge on any atom is 0.134 e. The third-order valence-electron chi connectivity index (χ3n) is 3.50. The molecule has 2 N–H and O–H groups in total. The van der Waals surface area contributed by atoms with Gasteiger partial charge in [-0.2, -0.15) is 0 Å². The van der Waals surface area contributed by atoms with Gasteiger partial charge in [0, 0.05) is 0 Å². The van der Waals surface area contributed by atoms with E-state index in [0.717, 1.165) is 11.1 Å². The van der Waals surface area contributed by atoms with E-state index in [1.807, 2.05) is 30.3 Å². The first kappa shape index (κ1) is 13.2. The topological polar surface area (TPSA) is 41.5 Å². The van der Waals surface area contributed by atoms with Gasteiger partial charge < -0.3 is 9.84 Å². The highest BCUT2D eigenvalue weighted by molar-refractivity contribution is 5.22. The molecule has 3 atom stereocenters. The van der Waals surface area contributed by atoms with E-state index in [-0.39, 0.29) is 18.1 Å². The van der Waals surface area contributed by atoms with E-state index in [2.05, 4.69) is 5.32 Å². The van der Waals surface area contributed by atoms with Crippen LogP contribution in [-0.4, -0.2) is 17.8 Å². The molecule has 1 saturated heterocycles. The molecule has 0 spiro atoms. The molecule has 0 saturated carbocycles. The molecule has 2 aromatic rings. The second-order valence-corrected chi connectivity index (χ2v) is 4.89. The van der Waals surface area contributed by atoms with Crippen LogP contribution in [0.3, 0.4) is 0 Å². The Morgan fingerprint density at radius 1 is 1.10 bits per heavy atom. The van der Waals surface area contributed by atoms with Gasteiger partial charge >= 0.3 is 0 Å². The molecule has 1 aliphatic rings. The standard InChI is InChI=1S/C16H16FNO2/c17-13-8-6-12(7-9-13)16-18-14(10-20-16)15(19)11-4-2-1-3-5-11/h1-9,14-16,18-19H,10H2/t14-,15?,16+/m0/s1. The Labute approximate surface area is 117 Å². The van der Waals surface area contributed by atoms with E-state index in [4.69, 9.17) is 4.74 Å². The lowest BCUT2D eigenvalue weighted by atomic mass is 10.0. The van der Waals surface area contributed by atoms with Crippen LogP contribution in [0.1, 0.15) is 23.5 Å². The summed E-state index contributed by atoms with van der Waals surface area (Å²) < 4.78 is 18.5. The van der Waals surface area contributed by atoms with Crippen molar-refractivity contribution in [2.45, 2.75) is 18.4 Å². The Balaban J connectivity index is 1.69. The quantitative estimate of drug-likeness (QED) is 0.903. The number of benzene rings is 2. The minimum absolute atomic E-state index is 0.174. The zero-order valence-corrected chi connectivity index (χ0v) is 10.9. The summed E-state index contributed by atoms with van der Waals surface area (Å²) in [5, 5.41) is 13.6. The molecule has 20 heavy (non-hydrogen) atoms. The van der Waals surface area contributed by atoms with E-state index < -0.39 is 6.10 Å². The van der Waals surface area contributed by atoms with E-state index in [1.165, 1.54) is 12.1 Å². The average Bonchev–Trinajstić information content (AvgIpc) is 2.98. The maximum atomic E-state index is 12.9. The molecule has 104 valence electrons. The van der Waals surface area contributed by atoms with Crippen molar-refractivity contribution in [1.29, 1.82) is 0 Å². The molecule has 3 nitrogen and oxygen atoms in total.